The van der Waals surface area contributed by atoms with Crippen molar-refractivity contribution in [1.29, 1.82) is 0 Å². The normalized spacial score (nSPS) is 12.2. The van der Waals surface area contributed by atoms with E-state index in [4.69, 9.17) is 10.7 Å². The molecule has 0 aromatic heterocycles. The third kappa shape index (κ3) is 5.10. The molecule has 0 saturated carbocycles. The lowest BCUT2D eigenvalue weighted by atomic mass is 10.2. The summed E-state index contributed by atoms with van der Waals surface area (Å²) in [6, 6.07) is 5.10. The van der Waals surface area contributed by atoms with Crippen LogP contribution in [0.4, 0.5) is 0 Å². The number of rotatable bonds is 5. The zero-order valence-corrected chi connectivity index (χ0v) is 13.3. The first-order valence-corrected chi connectivity index (χ1v) is 9.85. The van der Waals surface area contributed by atoms with Crippen LogP contribution in [-0.4, -0.2) is 53.2 Å². The Labute approximate surface area is 122 Å². The molecule has 0 aliphatic heterocycles. The van der Waals surface area contributed by atoms with Crippen LogP contribution in [0.15, 0.2) is 29.2 Å². The van der Waals surface area contributed by atoms with Gasteiger partial charge >= 0.3 is 0 Å². The fourth-order valence-corrected chi connectivity index (χ4v) is 2.76. The van der Waals surface area contributed by atoms with Crippen LogP contribution in [0.3, 0.4) is 0 Å². The molecular weight excluding hydrogens is 326 g/mol. The molecular formula is C11H14ClNO5S2. The minimum absolute atomic E-state index is 0.0627. The van der Waals surface area contributed by atoms with Crippen molar-refractivity contribution < 1.29 is 21.6 Å². The van der Waals surface area contributed by atoms with Crippen LogP contribution < -0.4 is 0 Å². The number of carbonyl (C=O) groups excluding carboxylic acids is 1. The first-order chi connectivity index (χ1) is 9.00. The minimum Gasteiger partial charge on any atom is -0.341 e. The fourth-order valence-electron chi connectivity index (χ4n) is 1.38. The average Bonchev–Trinajstić information content (AvgIpc) is 2.33. The topological polar surface area (TPSA) is 88.6 Å². The highest BCUT2D eigenvalue weighted by atomic mass is 35.7. The van der Waals surface area contributed by atoms with Crippen LogP contribution in [-0.2, 0) is 18.9 Å². The maximum Gasteiger partial charge on any atom is 0.261 e. The van der Waals surface area contributed by atoms with E-state index in [2.05, 4.69) is 0 Å². The van der Waals surface area contributed by atoms with Crippen molar-refractivity contribution in [2.24, 2.45) is 0 Å². The van der Waals surface area contributed by atoms with Crippen molar-refractivity contribution in [1.82, 2.24) is 4.90 Å². The summed E-state index contributed by atoms with van der Waals surface area (Å²) in [6.07, 6.45) is 1.09. The van der Waals surface area contributed by atoms with Gasteiger partial charge in [0.15, 0.2) is 0 Å². The van der Waals surface area contributed by atoms with Gasteiger partial charge in [-0.05, 0) is 24.3 Å². The highest BCUT2D eigenvalue weighted by Gasteiger charge is 2.15. The van der Waals surface area contributed by atoms with Crippen molar-refractivity contribution in [2.45, 2.75) is 4.90 Å². The molecule has 6 nitrogen and oxygen atoms in total. The highest BCUT2D eigenvalue weighted by molar-refractivity contribution is 8.13. The molecule has 0 aliphatic rings. The van der Waals surface area contributed by atoms with E-state index < -0.39 is 24.8 Å². The van der Waals surface area contributed by atoms with Gasteiger partial charge in [-0.1, -0.05) is 0 Å². The zero-order valence-electron chi connectivity index (χ0n) is 10.9. The van der Waals surface area contributed by atoms with Gasteiger partial charge in [0.05, 0.1) is 10.6 Å². The number of amides is 1. The molecule has 0 fully saturated rings. The molecule has 0 unspecified atom stereocenters. The van der Waals surface area contributed by atoms with Crippen LogP contribution in [0.25, 0.3) is 0 Å². The van der Waals surface area contributed by atoms with Crippen molar-refractivity contribution in [3.05, 3.63) is 29.8 Å². The molecule has 0 N–H and O–H groups in total. The van der Waals surface area contributed by atoms with Crippen molar-refractivity contribution in [3.8, 4) is 0 Å². The van der Waals surface area contributed by atoms with Crippen molar-refractivity contribution in [3.63, 3.8) is 0 Å². The SMILES string of the molecule is CN(CCS(C)(=O)=O)C(=O)c1ccc(S(=O)(=O)Cl)cc1. The smallest absolute Gasteiger partial charge is 0.261 e. The molecule has 0 atom stereocenters. The number of benzene rings is 1. The number of hydrogen-bond donors (Lipinski definition) is 0. The van der Waals surface area contributed by atoms with Gasteiger partial charge in [0, 0.05) is 36.1 Å². The Morgan fingerprint density at radius 1 is 1.15 bits per heavy atom. The molecule has 1 amide bonds. The number of halogens is 1. The second-order valence-corrected chi connectivity index (χ2v) is 9.14. The summed E-state index contributed by atoms with van der Waals surface area (Å²) in [5.41, 5.74) is 0.255. The highest BCUT2D eigenvalue weighted by Crippen LogP contribution is 2.16. The third-order valence-electron chi connectivity index (χ3n) is 2.53. The molecule has 0 saturated heterocycles. The molecule has 1 aromatic carbocycles. The Morgan fingerprint density at radius 2 is 1.65 bits per heavy atom. The number of sulfone groups is 1. The van der Waals surface area contributed by atoms with Gasteiger partial charge in [0.2, 0.25) is 0 Å². The zero-order chi connectivity index (χ0) is 15.6. The molecule has 0 spiro atoms. The first kappa shape index (κ1) is 16.9. The van der Waals surface area contributed by atoms with Crippen molar-refractivity contribution in [2.75, 3.05) is 25.6 Å². The number of carbonyl (C=O) groups is 1. The van der Waals surface area contributed by atoms with Gasteiger partial charge in [-0.2, -0.15) is 0 Å². The summed E-state index contributed by atoms with van der Waals surface area (Å²) in [5, 5.41) is 0. The molecule has 0 bridgehead atoms. The van der Waals surface area contributed by atoms with E-state index in [9.17, 15) is 21.6 Å². The Hall–Kier alpha value is -1.12. The average molecular weight is 340 g/mol. The second kappa shape index (κ2) is 6.11. The molecule has 1 rings (SSSR count). The Morgan fingerprint density at radius 3 is 2.05 bits per heavy atom. The molecule has 9 heteroatoms. The first-order valence-electron chi connectivity index (χ1n) is 5.48. The maximum atomic E-state index is 12.0. The summed E-state index contributed by atoms with van der Waals surface area (Å²) in [6.45, 7) is 0.0627. The van der Waals surface area contributed by atoms with E-state index in [1.54, 1.807) is 0 Å². The van der Waals surface area contributed by atoms with Crippen LogP contribution in [0, 0.1) is 0 Å². The van der Waals surface area contributed by atoms with Gasteiger partial charge in [0.25, 0.3) is 15.0 Å². The Kier molecular flexibility index (Phi) is 5.17. The van der Waals surface area contributed by atoms with Gasteiger partial charge in [-0.15, -0.1) is 0 Å². The molecule has 1 aromatic rings. The largest absolute Gasteiger partial charge is 0.341 e. The molecule has 0 radical (unpaired) electrons. The maximum absolute atomic E-state index is 12.0. The summed E-state index contributed by atoms with van der Waals surface area (Å²) in [4.78, 5) is 13.1. The van der Waals surface area contributed by atoms with Gasteiger partial charge < -0.3 is 4.90 Å². The third-order valence-corrected chi connectivity index (χ3v) is 4.82. The standard InChI is InChI=1S/C11H14ClNO5S2/c1-13(7-8-19(2,15)16)11(14)9-3-5-10(6-4-9)20(12,17)18/h3-6H,7-8H2,1-2H3. The summed E-state index contributed by atoms with van der Waals surface area (Å²) < 4.78 is 44.2. The van der Waals surface area contributed by atoms with E-state index in [1.807, 2.05) is 0 Å². The van der Waals surface area contributed by atoms with Crippen LogP contribution in [0.1, 0.15) is 10.4 Å². The lowest BCUT2D eigenvalue weighted by Crippen LogP contribution is -2.31. The lowest BCUT2D eigenvalue weighted by molar-refractivity contribution is 0.0803. The lowest BCUT2D eigenvalue weighted by Gasteiger charge is -2.16. The summed E-state index contributed by atoms with van der Waals surface area (Å²) >= 11 is 0. The minimum atomic E-state index is -3.83. The fraction of sp³-hybridized carbons (Fsp3) is 0.364. The van der Waals surface area contributed by atoms with Crippen LogP contribution in [0.2, 0.25) is 0 Å². The monoisotopic (exact) mass is 339 g/mol. The predicted molar refractivity (Wildman–Crippen MR) is 76.2 cm³/mol. The van der Waals surface area contributed by atoms with Crippen LogP contribution >= 0.6 is 10.7 Å². The van der Waals surface area contributed by atoms with E-state index in [0.717, 1.165) is 6.26 Å². The summed E-state index contributed by atoms with van der Waals surface area (Å²) in [5.74, 6) is -0.532. The summed E-state index contributed by atoms with van der Waals surface area (Å²) in [7, 11) is -0.344. The van der Waals surface area contributed by atoms with E-state index in [1.165, 1.54) is 36.2 Å². The Balaban J connectivity index is 2.83. The number of nitrogens with zero attached hydrogens (tertiary/aromatic N) is 1. The Bertz CT molecular complexity index is 695. The van der Waals surface area contributed by atoms with Crippen molar-refractivity contribution >= 4 is 35.5 Å². The molecule has 20 heavy (non-hydrogen) atoms. The van der Waals surface area contributed by atoms with Crippen LogP contribution in [0.5, 0.6) is 0 Å². The number of hydrogen-bond acceptors (Lipinski definition) is 5. The van der Waals surface area contributed by atoms with E-state index >= 15 is 0 Å². The quantitative estimate of drug-likeness (QED) is 0.738. The second-order valence-electron chi connectivity index (χ2n) is 4.32. The molecule has 0 heterocycles. The van der Waals surface area contributed by atoms with E-state index in [0.29, 0.717) is 0 Å². The van der Waals surface area contributed by atoms with Gasteiger partial charge in [-0.3, -0.25) is 4.79 Å². The molecule has 112 valence electrons. The van der Waals surface area contributed by atoms with Gasteiger partial charge in [-0.25, -0.2) is 16.8 Å². The van der Waals surface area contributed by atoms with Gasteiger partial charge in [0.1, 0.15) is 9.84 Å². The predicted octanol–water partition coefficient (Wildman–Crippen LogP) is 0.731. The van der Waals surface area contributed by atoms with E-state index in [-0.39, 0.29) is 22.8 Å². The molecule has 0 aliphatic carbocycles.